The molecule has 0 N–H and O–H groups in total. The van der Waals surface area contributed by atoms with E-state index in [-0.39, 0.29) is 17.6 Å². The van der Waals surface area contributed by atoms with Crippen LogP contribution in [0.4, 0.5) is 5.82 Å². The molecule has 1 aromatic heterocycles. The van der Waals surface area contributed by atoms with E-state index < -0.39 is 10.7 Å². The Balaban J connectivity index is 3.39. The molecule has 15 heavy (non-hydrogen) atoms. The molecular formula is C7H9N3O5. The van der Waals surface area contributed by atoms with Crippen LogP contribution in [0.3, 0.4) is 0 Å². The maximum Gasteiger partial charge on any atom is 0.437 e. The van der Waals surface area contributed by atoms with E-state index in [9.17, 15) is 10.1 Å². The van der Waals surface area contributed by atoms with E-state index in [0.717, 1.165) is 0 Å². The molecule has 0 radical (unpaired) electrons. The maximum atomic E-state index is 10.6. The lowest BCUT2D eigenvalue weighted by atomic mass is 10.5. The number of hydrogen-bond acceptors (Lipinski definition) is 7. The molecule has 0 bridgehead atoms. The van der Waals surface area contributed by atoms with Gasteiger partial charge in [-0.3, -0.25) is 0 Å². The number of rotatable bonds is 4. The molecule has 0 saturated heterocycles. The van der Waals surface area contributed by atoms with Crippen molar-refractivity contribution in [3.63, 3.8) is 0 Å². The zero-order valence-corrected chi connectivity index (χ0v) is 8.38. The van der Waals surface area contributed by atoms with E-state index in [2.05, 4.69) is 14.7 Å². The molecule has 0 atom stereocenters. The van der Waals surface area contributed by atoms with Crippen molar-refractivity contribution in [3.05, 3.63) is 10.1 Å². The summed E-state index contributed by atoms with van der Waals surface area (Å²) in [5, 5.41) is 10.6. The van der Waals surface area contributed by atoms with Crippen LogP contribution in [0.25, 0.3) is 0 Å². The highest BCUT2D eigenvalue weighted by Gasteiger charge is 2.26. The first-order valence-corrected chi connectivity index (χ1v) is 3.82. The third-order valence-corrected chi connectivity index (χ3v) is 1.55. The molecule has 0 spiro atoms. The van der Waals surface area contributed by atoms with Crippen molar-refractivity contribution in [2.75, 3.05) is 21.3 Å². The molecule has 0 amide bonds. The fourth-order valence-corrected chi connectivity index (χ4v) is 0.932. The highest BCUT2D eigenvalue weighted by molar-refractivity contribution is 5.48. The van der Waals surface area contributed by atoms with Gasteiger partial charge in [-0.1, -0.05) is 0 Å². The maximum absolute atomic E-state index is 10.6. The van der Waals surface area contributed by atoms with E-state index in [4.69, 9.17) is 9.47 Å². The monoisotopic (exact) mass is 215 g/mol. The first-order chi connectivity index (χ1) is 7.13. The number of aromatic nitrogens is 2. The Labute approximate surface area is 85.0 Å². The number of methoxy groups -OCH3 is 3. The molecule has 0 unspecified atom stereocenters. The van der Waals surface area contributed by atoms with Gasteiger partial charge in [0.1, 0.15) is 0 Å². The minimum absolute atomic E-state index is 0.0453. The van der Waals surface area contributed by atoms with E-state index in [1.54, 1.807) is 0 Å². The SMILES string of the molecule is COc1nc(OC)c(OC)c([N+](=O)[O-])n1. The second-order valence-corrected chi connectivity index (χ2v) is 2.33. The number of nitrogens with zero attached hydrogens (tertiary/aromatic N) is 3. The highest BCUT2D eigenvalue weighted by atomic mass is 16.6. The average molecular weight is 215 g/mol. The Morgan fingerprint density at radius 2 is 1.80 bits per heavy atom. The van der Waals surface area contributed by atoms with Crippen molar-refractivity contribution < 1.29 is 19.1 Å². The van der Waals surface area contributed by atoms with Crippen molar-refractivity contribution in [3.8, 4) is 17.6 Å². The summed E-state index contributed by atoms with van der Waals surface area (Å²) in [6, 6.07) is -0.153. The molecule has 0 aliphatic carbocycles. The standard InChI is InChI=1S/C7H9N3O5/c1-13-4-5(10(11)12)8-7(15-3)9-6(4)14-2/h1-3H3. The second-order valence-electron chi connectivity index (χ2n) is 2.33. The number of hydrogen-bond donors (Lipinski definition) is 0. The molecule has 0 aliphatic rings. The first kappa shape index (κ1) is 11.0. The molecule has 0 saturated carbocycles. The van der Waals surface area contributed by atoms with Gasteiger partial charge in [-0.15, -0.1) is 4.98 Å². The fraction of sp³-hybridized carbons (Fsp3) is 0.429. The van der Waals surface area contributed by atoms with Gasteiger partial charge < -0.3 is 24.3 Å². The summed E-state index contributed by atoms with van der Waals surface area (Å²) in [6.07, 6.45) is 0. The van der Waals surface area contributed by atoms with E-state index in [1.165, 1.54) is 21.3 Å². The molecule has 8 nitrogen and oxygen atoms in total. The largest absolute Gasteiger partial charge is 0.485 e. The van der Waals surface area contributed by atoms with Crippen LogP contribution in [0.15, 0.2) is 0 Å². The Morgan fingerprint density at radius 1 is 1.13 bits per heavy atom. The van der Waals surface area contributed by atoms with Gasteiger partial charge in [0.05, 0.1) is 21.3 Å². The van der Waals surface area contributed by atoms with Gasteiger partial charge in [0.2, 0.25) is 0 Å². The molecule has 1 heterocycles. The lowest BCUT2D eigenvalue weighted by Crippen LogP contribution is -2.03. The average Bonchev–Trinajstić information content (AvgIpc) is 2.26. The van der Waals surface area contributed by atoms with Crippen LogP contribution < -0.4 is 14.2 Å². The Bertz CT molecular complexity index is 381. The first-order valence-electron chi connectivity index (χ1n) is 3.82. The minimum Gasteiger partial charge on any atom is -0.485 e. The second kappa shape index (κ2) is 4.40. The topological polar surface area (TPSA) is 96.6 Å². The zero-order chi connectivity index (χ0) is 11.4. The third kappa shape index (κ3) is 2.03. The summed E-state index contributed by atoms with van der Waals surface area (Å²) in [6.45, 7) is 0. The predicted molar refractivity (Wildman–Crippen MR) is 48.3 cm³/mol. The molecule has 1 rings (SSSR count). The van der Waals surface area contributed by atoms with E-state index in [0.29, 0.717) is 0 Å². The van der Waals surface area contributed by atoms with Crippen molar-refractivity contribution in [1.29, 1.82) is 0 Å². The van der Waals surface area contributed by atoms with Crippen LogP contribution >= 0.6 is 0 Å². The molecule has 8 heteroatoms. The van der Waals surface area contributed by atoms with Crippen LogP contribution in [0.2, 0.25) is 0 Å². The van der Waals surface area contributed by atoms with Crippen LogP contribution in [0.5, 0.6) is 17.6 Å². The van der Waals surface area contributed by atoms with Crippen molar-refractivity contribution >= 4 is 5.82 Å². The van der Waals surface area contributed by atoms with Gasteiger partial charge in [-0.25, -0.2) is 0 Å². The molecule has 1 aromatic rings. The summed E-state index contributed by atoms with van der Waals surface area (Å²) in [5.74, 6) is -0.680. The van der Waals surface area contributed by atoms with E-state index in [1.807, 2.05) is 0 Å². The summed E-state index contributed by atoms with van der Waals surface area (Å²) in [5.41, 5.74) is 0. The van der Waals surface area contributed by atoms with Gasteiger partial charge in [-0.05, 0) is 4.92 Å². The Kier molecular flexibility index (Phi) is 3.21. The summed E-state index contributed by atoms with van der Waals surface area (Å²) < 4.78 is 14.3. The quantitative estimate of drug-likeness (QED) is 0.530. The summed E-state index contributed by atoms with van der Waals surface area (Å²) in [7, 11) is 3.87. The van der Waals surface area contributed by atoms with E-state index >= 15 is 0 Å². The fourth-order valence-electron chi connectivity index (χ4n) is 0.932. The van der Waals surface area contributed by atoms with Crippen LogP contribution in [-0.4, -0.2) is 36.2 Å². The van der Waals surface area contributed by atoms with Crippen LogP contribution in [-0.2, 0) is 0 Å². The van der Waals surface area contributed by atoms with Gasteiger partial charge >= 0.3 is 11.8 Å². The Hall–Kier alpha value is -2.12. The predicted octanol–water partition coefficient (Wildman–Crippen LogP) is 0.411. The van der Waals surface area contributed by atoms with Crippen LogP contribution in [0, 0.1) is 10.1 Å². The lowest BCUT2D eigenvalue weighted by Gasteiger charge is -2.05. The summed E-state index contributed by atoms with van der Waals surface area (Å²) >= 11 is 0. The molecule has 0 fully saturated rings. The molecular weight excluding hydrogens is 206 g/mol. The van der Waals surface area contributed by atoms with Crippen LogP contribution in [0.1, 0.15) is 0 Å². The van der Waals surface area contributed by atoms with Crippen molar-refractivity contribution in [2.24, 2.45) is 0 Å². The zero-order valence-electron chi connectivity index (χ0n) is 8.38. The smallest absolute Gasteiger partial charge is 0.437 e. The highest BCUT2D eigenvalue weighted by Crippen LogP contribution is 2.34. The van der Waals surface area contributed by atoms with Crippen molar-refractivity contribution in [1.82, 2.24) is 9.97 Å². The van der Waals surface area contributed by atoms with Gasteiger partial charge in [0, 0.05) is 4.98 Å². The van der Waals surface area contributed by atoms with Gasteiger partial charge in [-0.2, -0.15) is 0 Å². The summed E-state index contributed by atoms with van der Waals surface area (Å²) in [4.78, 5) is 17.2. The number of ether oxygens (including phenoxy) is 3. The van der Waals surface area contributed by atoms with Gasteiger partial charge in [0.15, 0.2) is 0 Å². The lowest BCUT2D eigenvalue weighted by molar-refractivity contribution is -0.390. The molecule has 0 aliphatic heterocycles. The molecule has 82 valence electrons. The molecule has 0 aromatic carbocycles. The number of nitro groups is 1. The normalized spacial score (nSPS) is 9.53. The van der Waals surface area contributed by atoms with Gasteiger partial charge in [0.25, 0.3) is 11.6 Å². The van der Waals surface area contributed by atoms with Crippen molar-refractivity contribution in [2.45, 2.75) is 0 Å². The minimum atomic E-state index is -0.703. The third-order valence-electron chi connectivity index (χ3n) is 1.55. The Morgan fingerprint density at radius 3 is 2.20 bits per heavy atom.